The summed E-state index contributed by atoms with van der Waals surface area (Å²) < 4.78 is 23.9. The van der Waals surface area contributed by atoms with E-state index in [1.807, 2.05) is 12.1 Å². The van der Waals surface area contributed by atoms with Gasteiger partial charge in [-0.3, -0.25) is 0 Å². The Morgan fingerprint density at radius 1 is 1.17 bits per heavy atom. The molecule has 0 bridgehead atoms. The number of hydrogen-bond acceptors (Lipinski definition) is 5. The summed E-state index contributed by atoms with van der Waals surface area (Å²) in [6.07, 6.45) is 4.42. The predicted molar refractivity (Wildman–Crippen MR) is 89.8 cm³/mol. The SMILES string of the molecule is COc1ccc(C[C@H]2CN(c3ncc(F)cn3)CC[C@H]2OC)cc1. The molecule has 1 fully saturated rings. The maximum atomic E-state index is 13.0. The van der Waals surface area contributed by atoms with Crippen LogP contribution in [0.25, 0.3) is 0 Å². The predicted octanol–water partition coefficient (Wildman–Crippen LogP) is 2.71. The smallest absolute Gasteiger partial charge is 0.225 e. The Morgan fingerprint density at radius 3 is 2.50 bits per heavy atom. The van der Waals surface area contributed by atoms with Crippen LogP contribution in [0.5, 0.6) is 5.75 Å². The van der Waals surface area contributed by atoms with Gasteiger partial charge in [-0.25, -0.2) is 14.4 Å². The van der Waals surface area contributed by atoms with E-state index in [1.54, 1.807) is 14.2 Å². The number of anilines is 1. The minimum absolute atomic E-state index is 0.198. The summed E-state index contributed by atoms with van der Waals surface area (Å²) in [5.74, 6) is 1.34. The van der Waals surface area contributed by atoms with Crippen LogP contribution in [0.3, 0.4) is 0 Å². The van der Waals surface area contributed by atoms with Crippen molar-refractivity contribution in [3.05, 3.63) is 48.0 Å². The molecule has 1 aromatic heterocycles. The molecule has 0 amide bonds. The van der Waals surface area contributed by atoms with Crippen molar-refractivity contribution >= 4 is 5.95 Å². The molecule has 2 heterocycles. The van der Waals surface area contributed by atoms with Gasteiger partial charge in [0.15, 0.2) is 5.82 Å². The number of ether oxygens (including phenoxy) is 2. The van der Waals surface area contributed by atoms with Crippen LogP contribution in [0.15, 0.2) is 36.7 Å². The van der Waals surface area contributed by atoms with Crippen molar-refractivity contribution in [3.63, 3.8) is 0 Å². The van der Waals surface area contributed by atoms with Crippen molar-refractivity contribution in [3.8, 4) is 5.75 Å². The number of benzene rings is 1. The maximum absolute atomic E-state index is 13.0. The van der Waals surface area contributed by atoms with Gasteiger partial charge in [0.05, 0.1) is 25.6 Å². The fraction of sp³-hybridized carbons (Fsp3) is 0.444. The van der Waals surface area contributed by atoms with Gasteiger partial charge in [-0.05, 0) is 30.5 Å². The van der Waals surface area contributed by atoms with Crippen LogP contribution < -0.4 is 9.64 Å². The zero-order chi connectivity index (χ0) is 16.9. The van der Waals surface area contributed by atoms with E-state index < -0.39 is 5.82 Å². The molecule has 24 heavy (non-hydrogen) atoms. The van der Waals surface area contributed by atoms with Gasteiger partial charge in [0.2, 0.25) is 5.95 Å². The van der Waals surface area contributed by atoms with Crippen LogP contribution in [0.2, 0.25) is 0 Å². The zero-order valence-electron chi connectivity index (χ0n) is 14.0. The molecule has 0 unspecified atom stereocenters. The number of halogens is 1. The lowest BCUT2D eigenvalue weighted by Gasteiger charge is -2.38. The fourth-order valence-electron chi connectivity index (χ4n) is 3.23. The molecule has 0 aliphatic carbocycles. The Kier molecular flexibility index (Phi) is 5.25. The van der Waals surface area contributed by atoms with Crippen molar-refractivity contribution in [2.24, 2.45) is 5.92 Å². The first-order valence-corrected chi connectivity index (χ1v) is 8.08. The lowest BCUT2D eigenvalue weighted by Crippen LogP contribution is -2.45. The van der Waals surface area contributed by atoms with Crippen LogP contribution in [0.4, 0.5) is 10.3 Å². The van der Waals surface area contributed by atoms with Crippen molar-refractivity contribution in [2.75, 3.05) is 32.2 Å². The Balaban J connectivity index is 1.71. The van der Waals surface area contributed by atoms with E-state index in [0.29, 0.717) is 11.9 Å². The second-order valence-corrected chi connectivity index (χ2v) is 6.02. The van der Waals surface area contributed by atoms with E-state index in [2.05, 4.69) is 27.0 Å². The van der Waals surface area contributed by atoms with Crippen LogP contribution in [-0.4, -0.2) is 43.4 Å². The van der Waals surface area contributed by atoms with Gasteiger partial charge in [-0.1, -0.05) is 12.1 Å². The Labute approximate surface area is 141 Å². The van der Waals surface area contributed by atoms with Crippen molar-refractivity contribution < 1.29 is 13.9 Å². The van der Waals surface area contributed by atoms with E-state index >= 15 is 0 Å². The summed E-state index contributed by atoms with van der Waals surface area (Å²) in [5, 5.41) is 0. The van der Waals surface area contributed by atoms with Gasteiger partial charge in [-0.15, -0.1) is 0 Å². The molecule has 1 aliphatic heterocycles. The summed E-state index contributed by atoms with van der Waals surface area (Å²) >= 11 is 0. The highest BCUT2D eigenvalue weighted by Gasteiger charge is 2.30. The molecule has 5 nitrogen and oxygen atoms in total. The number of aromatic nitrogens is 2. The second kappa shape index (κ2) is 7.57. The summed E-state index contributed by atoms with van der Waals surface area (Å²) in [4.78, 5) is 10.3. The summed E-state index contributed by atoms with van der Waals surface area (Å²) in [7, 11) is 3.42. The first-order valence-electron chi connectivity index (χ1n) is 8.08. The van der Waals surface area contributed by atoms with Crippen molar-refractivity contribution in [1.29, 1.82) is 0 Å². The molecule has 2 atom stereocenters. The molecular formula is C18H22FN3O2. The monoisotopic (exact) mass is 331 g/mol. The second-order valence-electron chi connectivity index (χ2n) is 6.02. The van der Waals surface area contributed by atoms with Gasteiger partial charge < -0.3 is 14.4 Å². The lowest BCUT2D eigenvalue weighted by atomic mass is 9.88. The van der Waals surface area contributed by atoms with E-state index in [-0.39, 0.29) is 6.10 Å². The number of methoxy groups -OCH3 is 2. The fourth-order valence-corrected chi connectivity index (χ4v) is 3.23. The Hall–Kier alpha value is -2.21. The lowest BCUT2D eigenvalue weighted by molar-refractivity contribution is 0.0374. The molecule has 6 heteroatoms. The van der Waals surface area contributed by atoms with E-state index in [9.17, 15) is 4.39 Å². The first-order chi connectivity index (χ1) is 11.7. The third kappa shape index (κ3) is 3.82. The first kappa shape index (κ1) is 16.6. The van der Waals surface area contributed by atoms with Gasteiger partial charge in [0.25, 0.3) is 0 Å². The topological polar surface area (TPSA) is 47.5 Å². The molecule has 3 rings (SSSR count). The third-order valence-corrected chi connectivity index (χ3v) is 4.51. The van der Waals surface area contributed by atoms with Crippen LogP contribution >= 0.6 is 0 Å². The highest BCUT2D eigenvalue weighted by atomic mass is 19.1. The summed E-state index contributed by atoms with van der Waals surface area (Å²) in [6.45, 7) is 1.60. The zero-order valence-corrected chi connectivity index (χ0v) is 14.0. The molecule has 2 aromatic rings. The molecule has 0 N–H and O–H groups in total. The average molecular weight is 331 g/mol. The standard InChI is InChI=1S/C18H22FN3O2/c1-23-16-5-3-13(4-6-16)9-14-12-22(8-7-17(14)24-2)18-20-10-15(19)11-21-18/h3-6,10-11,14,17H,7-9,12H2,1-2H3/t14-,17+/m0/s1. The number of rotatable bonds is 5. The number of piperidine rings is 1. The van der Waals surface area contributed by atoms with Gasteiger partial charge in [-0.2, -0.15) is 0 Å². The maximum Gasteiger partial charge on any atom is 0.225 e. The van der Waals surface area contributed by atoms with Crippen LogP contribution in [0.1, 0.15) is 12.0 Å². The molecule has 0 radical (unpaired) electrons. The van der Waals surface area contributed by atoms with Crippen molar-refractivity contribution in [2.45, 2.75) is 18.9 Å². The van der Waals surface area contributed by atoms with E-state index in [0.717, 1.165) is 31.7 Å². The highest BCUT2D eigenvalue weighted by Crippen LogP contribution is 2.26. The molecule has 1 saturated heterocycles. The molecular weight excluding hydrogens is 309 g/mol. The summed E-state index contributed by atoms with van der Waals surface area (Å²) in [5.41, 5.74) is 1.24. The van der Waals surface area contributed by atoms with Crippen LogP contribution in [-0.2, 0) is 11.2 Å². The molecule has 0 saturated carbocycles. The Bertz CT molecular complexity index is 648. The molecule has 1 aromatic carbocycles. The molecule has 0 spiro atoms. The Morgan fingerprint density at radius 2 is 1.88 bits per heavy atom. The third-order valence-electron chi connectivity index (χ3n) is 4.51. The minimum atomic E-state index is -0.416. The summed E-state index contributed by atoms with van der Waals surface area (Å²) in [6, 6.07) is 8.11. The van der Waals surface area contributed by atoms with Gasteiger partial charge >= 0.3 is 0 Å². The van der Waals surface area contributed by atoms with Gasteiger partial charge in [0.1, 0.15) is 5.75 Å². The molecule has 128 valence electrons. The number of hydrogen-bond donors (Lipinski definition) is 0. The van der Waals surface area contributed by atoms with E-state index in [1.165, 1.54) is 18.0 Å². The van der Waals surface area contributed by atoms with Crippen molar-refractivity contribution in [1.82, 2.24) is 9.97 Å². The van der Waals surface area contributed by atoms with Crippen LogP contribution in [0, 0.1) is 11.7 Å². The van der Waals surface area contributed by atoms with E-state index in [4.69, 9.17) is 9.47 Å². The molecule has 1 aliphatic rings. The average Bonchev–Trinajstić information content (AvgIpc) is 2.63. The normalized spacial score (nSPS) is 20.9. The highest BCUT2D eigenvalue weighted by molar-refractivity contribution is 5.31. The largest absolute Gasteiger partial charge is 0.497 e. The minimum Gasteiger partial charge on any atom is -0.497 e. The van der Waals surface area contributed by atoms with Gasteiger partial charge in [0, 0.05) is 26.1 Å². The quantitative estimate of drug-likeness (QED) is 0.843. The number of nitrogens with zero attached hydrogens (tertiary/aromatic N) is 3.